The van der Waals surface area contributed by atoms with Gasteiger partial charge in [-0.2, -0.15) is 0 Å². The zero-order valence-corrected chi connectivity index (χ0v) is 23.9. The number of fused-ring (bicyclic) bond motifs is 1. The second-order valence-corrected chi connectivity index (χ2v) is 10.2. The van der Waals surface area contributed by atoms with Crippen molar-refractivity contribution in [1.82, 2.24) is 25.9 Å². The van der Waals surface area contributed by atoms with E-state index in [0.29, 0.717) is 33.9 Å². The molecule has 1 atom stereocenters. The minimum Gasteiger partial charge on any atom is -0.398 e. The number of aliphatic imine (C=N–C) groups is 1. The Bertz CT molecular complexity index is 1960. The minimum absolute atomic E-state index is 0.123. The van der Waals surface area contributed by atoms with Crippen LogP contribution >= 0.6 is 0 Å². The van der Waals surface area contributed by atoms with Gasteiger partial charge in [-0.1, -0.05) is 54.6 Å². The highest BCUT2D eigenvalue weighted by molar-refractivity contribution is 6.22. The first-order valence-corrected chi connectivity index (χ1v) is 13.8. The first-order chi connectivity index (χ1) is 21.8. The van der Waals surface area contributed by atoms with Crippen molar-refractivity contribution in [3.63, 3.8) is 0 Å². The van der Waals surface area contributed by atoms with Gasteiger partial charge in [0.25, 0.3) is 5.91 Å². The SMILES string of the molecule is Cc1cccc2c1N(CC(=O)c1ccccc1N)C(=O)C(NC(=O)Nc1cccc(-c3nnn[nH]3)c1)N=C2c1ccccc1F. The van der Waals surface area contributed by atoms with Gasteiger partial charge >= 0.3 is 6.03 Å². The molecule has 1 unspecified atom stereocenters. The number of nitrogens with two attached hydrogens (primary N) is 1. The third-order valence-corrected chi connectivity index (χ3v) is 7.22. The summed E-state index contributed by atoms with van der Waals surface area (Å²) in [5.41, 5.74) is 9.25. The third kappa shape index (κ3) is 5.86. The molecule has 0 bridgehead atoms. The number of aromatic nitrogens is 4. The summed E-state index contributed by atoms with van der Waals surface area (Å²) in [4.78, 5) is 47.0. The molecule has 6 rings (SSSR count). The first kappa shape index (κ1) is 28.9. The van der Waals surface area contributed by atoms with E-state index in [0.717, 1.165) is 0 Å². The quantitative estimate of drug-likeness (QED) is 0.160. The predicted molar refractivity (Wildman–Crippen MR) is 166 cm³/mol. The Kier molecular flexibility index (Phi) is 7.80. The molecule has 4 aromatic carbocycles. The minimum atomic E-state index is -1.53. The van der Waals surface area contributed by atoms with E-state index in [2.05, 4.69) is 36.3 Å². The van der Waals surface area contributed by atoms with Gasteiger partial charge in [-0.3, -0.25) is 9.59 Å². The average molecular weight is 604 g/mol. The predicted octanol–water partition coefficient (Wildman–Crippen LogP) is 4.11. The Morgan fingerprint density at radius 1 is 0.978 bits per heavy atom. The van der Waals surface area contributed by atoms with Crippen molar-refractivity contribution in [2.45, 2.75) is 13.1 Å². The van der Waals surface area contributed by atoms with E-state index in [1.54, 1.807) is 85.8 Å². The fourth-order valence-corrected chi connectivity index (χ4v) is 5.14. The number of hydrogen-bond donors (Lipinski definition) is 4. The number of halogens is 1. The van der Waals surface area contributed by atoms with E-state index in [4.69, 9.17) is 5.73 Å². The molecule has 5 aromatic rings. The lowest BCUT2D eigenvalue weighted by Gasteiger charge is -2.26. The number of benzodiazepines with no additional fused rings is 1. The Balaban J connectivity index is 1.39. The van der Waals surface area contributed by atoms with Gasteiger partial charge in [0.05, 0.1) is 17.9 Å². The van der Waals surface area contributed by atoms with Gasteiger partial charge in [0.1, 0.15) is 5.82 Å². The molecule has 45 heavy (non-hydrogen) atoms. The lowest BCUT2D eigenvalue weighted by molar-refractivity contribution is -0.120. The summed E-state index contributed by atoms with van der Waals surface area (Å²) < 4.78 is 15.2. The molecule has 0 saturated carbocycles. The summed E-state index contributed by atoms with van der Waals surface area (Å²) in [6.07, 6.45) is -1.53. The number of carbonyl (C=O) groups is 3. The number of urea groups is 1. The standard InChI is InChI=1S/C32H26FN9O3/c1-18-8-6-13-23-27(21-11-2-4-14-24(21)33)36-30(31(44)42(28(18)23)17-26(43)22-12-3-5-15-25(22)34)37-32(45)35-20-10-7-9-19(16-20)29-38-40-41-39-29/h2-16,30H,17,34H2,1H3,(H2,35,37,45)(H,38,39,40,41). The fourth-order valence-electron chi connectivity index (χ4n) is 5.14. The molecule has 0 aliphatic carbocycles. The summed E-state index contributed by atoms with van der Waals surface area (Å²) in [7, 11) is 0. The van der Waals surface area contributed by atoms with Crippen LogP contribution in [0.4, 0.5) is 26.2 Å². The number of Topliss-reactive ketones (excluding diaryl/α,β-unsaturated/α-hetero) is 1. The zero-order chi connectivity index (χ0) is 31.5. The van der Waals surface area contributed by atoms with Crippen LogP contribution in [-0.2, 0) is 4.79 Å². The number of nitrogens with zero attached hydrogens (tertiary/aromatic N) is 5. The van der Waals surface area contributed by atoms with Gasteiger partial charge in [0.15, 0.2) is 11.6 Å². The summed E-state index contributed by atoms with van der Waals surface area (Å²) in [6.45, 7) is 1.37. The van der Waals surface area contributed by atoms with Gasteiger partial charge in [-0.15, -0.1) is 5.10 Å². The zero-order valence-electron chi connectivity index (χ0n) is 23.9. The molecule has 224 valence electrons. The normalized spacial score (nSPS) is 14.3. The first-order valence-electron chi connectivity index (χ1n) is 13.8. The Hall–Kier alpha value is -6.24. The highest BCUT2D eigenvalue weighted by Gasteiger charge is 2.36. The monoisotopic (exact) mass is 603 g/mol. The Morgan fingerprint density at radius 2 is 1.73 bits per heavy atom. The molecule has 2 heterocycles. The number of aryl methyl sites for hydroxylation is 1. The maximum atomic E-state index is 15.2. The van der Waals surface area contributed by atoms with Crippen LogP contribution in [0.15, 0.2) is 96.0 Å². The van der Waals surface area contributed by atoms with Crippen molar-refractivity contribution in [1.29, 1.82) is 0 Å². The number of rotatable bonds is 7. The molecule has 0 fully saturated rings. The Morgan fingerprint density at radius 3 is 2.51 bits per heavy atom. The largest absolute Gasteiger partial charge is 0.398 e. The van der Waals surface area contributed by atoms with Crippen molar-refractivity contribution in [3.8, 4) is 11.4 Å². The van der Waals surface area contributed by atoms with Crippen LogP contribution in [-0.4, -0.2) is 56.8 Å². The van der Waals surface area contributed by atoms with Crippen molar-refractivity contribution >= 4 is 40.5 Å². The van der Waals surface area contributed by atoms with E-state index in [9.17, 15) is 14.4 Å². The molecule has 1 aliphatic heterocycles. The van der Waals surface area contributed by atoms with E-state index in [1.807, 2.05) is 0 Å². The van der Waals surface area contributed by atoms with Crippen molar-refractivity contribution in [3.05, 3.63) is 119 Å². The second-order valence-electron chi connectivity index (χ2n) is 10.2. The number of tetrazole rings is 1. The molecule has 1 aromatic heterocycles. The number of nitrogens with one attached hydrogen (secondary N) is 3. The van der Waals surface area contributed by atoms with Crippen LogP contribution < -0.4 is 21.3 Å². The third-order valence-electron chi connectivity index (χ3n) is 7.22. The fraction of sp³-hybridized carbons (Fsp3) is 0.0938. The molecule has 13 heteroatoms. The summed E-state index contributed by atoms with van der Waals surface area (Å²) in [5, 5.41) is 18.9. The van der Waals surface area contributed by atoms with Crippen molar-refractivity contribution in [2.24, 2.45) is 4.99 Å². The van der Waals surface area contributed by atoms with Crippen LogP contribution in [0.25, 0.3) is 11.4 Å². The Labute approximate surface area is 256 Å². The number of benzene rings is 4. The molecule has 0 radical (unpaired) electrons. The highest BCUT2D eigenvalue weighted by Crippen LogP contribution is 2.32. The van der Waals surface area contributed by atoms with Crippen molar-refractivity contribution < 1.29 is 18.8 Å². The number of anilines is 3. The summed E-state index contributed by atoms with van der Waals surface area (Å²) in [5.74, 6) is -1.30. The molecule has 12 nitrogen and oxygen atoms in total. The molecular weight excluding hydrogens is 577 g/mol. The molecule has 0 saturated heterocycles. The lowest BCUT2D eigenvalue weighted by Crippen LogP contribution is -2.50. The molecule has 3 amide bonds. The highest BCUT2D eigenvalue weighted by atomic mass is 19.1. The summed E-state index contributed by atoms with van der Waals surface area (Å²) in [6, 6.07) is 23.7. The smallest absolute Gasteiger partial charge is 0.321 e. The maximum absolute atomic E-state index is 15.2. The van der Waals surface area contributed by atoms with E-state index >= 15 is 4.39 Å². The number of H-pyrrole nitrogens is 1. The van der Waals surface area contributed by atoms with Crippen LogP contribution in [0.2, 0.25) is 0 Å². The number of nitrogen functional groups attached to an aromatic ring is 1. The number of aromatic amines is 1. The van der Waals surface area contributed by atoms with Crippen LogP contribution in [0.5, 0.6) is 0 Å². The lowest BCUT2D eigenvalue weighted by atomic mass is 9.97. The van der Waals surface area contributed by atoms with Gasteiger partial charge in [0, 0.05) is 33.6 Å². The molecule has 0 spiro atoms. The molecule has 1 aliphatic rings. The average Bonchev–Trinajstić information content (AvgIpc) is 3.55. The van der Waals surface area contributed by atoms with Gasteiger partial charge < -0.3 is 21.3 Å². The number of carbonyl (C=O) groups excluding carboxylic acids is 3. The van der Waals surface area contributed by atoms with Crippen molar-refractivity contribution in [2.75, 3.05) is 22.5 Å². The number of hydrogen-bond acceptors (Lipinski definition) is 8. The van der Waals surface area contributed by atoms with Gasteiger partial charge in [0.2, 0.25) is 6.17 Å². The number of amides is 3. The van der Waals surface area contributed by atoms with Crippen LogP contribution in [0.3, 0.4) is 0 Å². The number of para-hydroxylation sites is 2. The van der Waals surface area contributed by atoms with Crippen LogP contribution in [0.1, 0.15) is 27.0 Å². The molecule has 5 N–H and O–H groups in total. The summed E-state index contributed by atoms with van der Waals surface area (Å²) >= 11 is 0. The topological polar surface area (TPSA) is 171 Å². The van der Waals surface area contributed by atoms with Gasteiger partial charge in [-0.05, 0) is 59.3 Å². The second kappa shape index (κ2) is 12.2. The van der Waals surface area contributed by atoms with E-state index in [1.165, 1.54) is 17.0 Å². The van der Waals surface area contributed by atoms with E-state index in [-0.39, 0.29) is 22.5 Å². The van der Waals surface area contributed by atoms with Gasteiger partial charge in [-0.25, -0.2) is 19.3 Å². The van der Waals surface area contributed by atoms with E-state index < -0.39 is 36.2 Å². The van der Waals surface area contributed by atoms with Crippen LogP contribution in [0, 0.1) is 12.7 Å². The number of ketones is 1. The maximum Gasteiger partial charge on any atom is 0.321 e. The molecular formula is C32H26FN9O3.